The number of carboxylic acids is 1. The van der Waals surface area contributed by atoms with E-state index in [0.717, 1.165) is 0 Å². The molecule has 7 nitrogen and oxygen atoms in total. The van der Waals surface area contributed by atoms with Gasteiger partial charge in [0.15, 0.2) is 0 Å². The molecular weight excluding hydrogens is 250 g/mol. The van der Waals surface area contributed by atoms with Crippen LogP contribution in [0.5, 0.6) is 0 Å². The minimum Gasteiger partial charge on any atom is -0.480 e. The van der Waals surface area contributed by atoms with Crippen molar-refractivity contribution in [3.63, 3.8) is 0 Å². The Balaban J connectivity index is 2.88. The summed E-state index contributed by atoms with van der Waals surface area (Å²) in [4.78, 5) is 36.5. The van der Waals surface area contributed by atoms with E-state index >= 15 is 0 Å². The molecule has 1 atom stereocenters. The monoisotopic (exact) mass is 271 g/mol. The van der Waals surface area contributed by atoms with E-state index in [1.54, 1.807) is 20.8 Å². The van der Waals surface area contributed by atoms with Crippen LogP contribution in [0.4, 0.5) is 4.79 Å². The summed E-state index contributed by atoms with van der Waals surface area (Å²) in [7, 11) is 0. The molecule has 1 aliphatic rings. The fraction of sp³-hybridized carbons (Fsp3) is 0.750. The molecule has 0 aromatic carbocycles. The van der Waals surface area contributed by atoms with Crippen molar-refractivity contribution in [2.75, 3.05) is 13.1 Å². The third kappa shape index (κ3) is 2.80. The smallest absolute Gasteiger partial charge is 0.329 e. The van der Waals surface area contributed by atoms with Crippen LogP contribution in [0.3, 0.4) is 0 Å². The highest BCUT2D eigenvalue weighted by Gasteiger charge is 2.43. The van der Waals surface area contributed by atoms with Gasteiger partial charge in [0.2, 0.25) is 5.91 Å². The van der Waals surface area contributed by atoms with E-state index in [4.69, 9.17) is 5.11 Å². The van der Waals surface area contributed by atoms with E-state index in [0.29, 0.717) is 13.1 Å². The third-order valence-electron chi connectivity index (χ3n) is 3.66. The molecule has 0 aromatic rings. The van der Waals surface area contributed by atoms with Gasteiger partial charge in [-0.2, -0.15) is 0 Å². The largest absolute Gasteiger partial charge is 0.480 e. The van der Waals surface area contributed by atoms with Gasteiger partial charge in [-0.05, 0) is 27.2 Å². The minimum atomic E-state index is -1.33. The number of carboxylic acid groups (broad SMARTS) is 1. The first-order chi connectivity index (χ1) is 8.65. The number of carbonyl (C=O) groups excluding carboxylic acids is 2. The predicted octanol–water partition coefficient (Wildman–Crippen LogP) is 0.160. The minimum absolute atomic E-state index is 0.248. The number of hydrogen-bond donors (Lipinski definition) is 3. The maximum Gasteiger partial charge on any atom is 0.329 e. The number of piperazine rings is 1. The van der Waals surface area contributed by atoms with Crippen LogP contribution in [0, 0.1) is 0 Å². The van der Waals surface area contributed by atoms with Crippen molar-refractivity contribution in [3.05, 3.63) is 0 Å². The molecule has 1 rings (SSSR count). The topological polar surface area (TPSA) is 98.7 Å². The summed E-state index contributed by atoms with van der Waals surface area (Å²) in [6.45, 7) is 7.11. The number of hydrogen-bond acceptors (Lipinski definition) is 3. The highest BCUT2D eigenvalue weighted by Crippen LogP contribution is 2.19. The molecule has 0 aliphatic carbocycles. The zero-order chi connectivity index (χ0) is 14.8. The summed E-state index contributed by atoms with van der Waals surface area (Å²) in [5.41, 5.74) is -2.32. The van der Waals surface area contributed by atoms with Gasteiger partial charge in [0, 0.05) is 13.1 Å². The lowest BCUT2D eigenvalue weighted by atomic mass is 9.97. The van der Waals surface area contributed by atoms with Crippen molar-refractivity contribution in [1.82, 2.24) is 15.5 Å². The van der Waals surface area contributed by atoms with Gasteiger partial charge in [-0.25, -0.2) is 9.59 Å². The van der Waals surface area contributed by atoms with Crippen LogP contribution < -0.4 is 10.6 Å². The average Bonchev–Trinajstić information content (AvgIpc) is 2.31. The van der Waals surface area contributed by atoms with Crippen LogP contribution in [0.25, 0.3) is 0 Å². The molecule has 0 radical (unpaired) electrons. The SMILES string of the molecule is CCC(C)(NC(=O)N1CCNC(=O)C1(C)C)C(=O)O. The Morgan fingerprint density at radius 3 is 2.58 bits per heavy atom. The van der Waals surface area contributed by atoms with Crippen LogP contribution in [-0.2, 0) is 9.59 Å². The highest BCUT2D eigenvalue weighted by atomic mass is 16.4. The Hall–Kier alpha value is -1.79. The predicted molar refractivity (Wildman–Crippen MR) is 68.7 cm³/mol. The average molecular weight is 271 g/mol. The second-order valence-electron chi connectivity index (χ2n) is 5.39. The second-order valence-corrected chi connectivity index (χ2v) is 5.39. The van der Waals surface area contributed by atoms with Crippen LogP contribution in [0.1, 0.15) is 34.1 Å². The van der Waals surface area contributed by atoms with Gasteiger partial charge in [0.05, 0.1) is 0 Å². The second kappa shape index (κ2) is 5.07. The summed E-state index contributed by atoms with van der Waals surface area (Å²) in [5, 5.41) is 14.3. The Morgan fingerprint density at radius 1 is 1.53 bits per heavy atom. The molecule has 19 heavy (non-hydrogen) atoms. The Kier molecular flexibility index (Phi) is 4.07. The van der Waals surface area contributed by atoms with Crippen molar-refractivity contribution >= 4 is 17.9 Å². The van der Waals surface area contributed by atoms with E-state index in [1.807, 2.05) is 0 Å². The van der Waals surface area contributed by atoms with E-state index < -0.39 is 23.1 Å². The molecule has 0 aromatic heterocycles. The van der Waals surface area contributed by atoms with Crippen LogP contribution >= 0.6 is 0 Å². The van der Waals surface area contributed by atoms with Gasteiger partial charge in [-0.3, -0.25) is 4.79 Å². The molecule has 1 aliphatic heterocycles. The van der Waals surface area contributed by atoms with E-state index in [1.165, 1.54) is 11.8 Å². The Labute approximate surface area is 112 Å². The lowest BCUT2D eigenvalue weighted by molar-refractivity contribution is -0.144. The van der Waals surface area contributed by atoms with Gasteiger partial charge in [0.1, 0.15) is 11.1 Å². The first-order valence-electron chi connectivity index (χ1n) is 6.26. The molecule has 1 unspecified atom stereocenters. The highest BCUT2D eigenvalue weighted by molar-refractivity contribution is 5.93. The van der Waals surface area contributed by atoms with Crippen molar-refractivity contribution < 1.29 is 19.5 Å². The number of nitrogens with one attached hydrogen (secondary N) is 2. The summed E-state index contributed by atoms with van der Waals surface area (Å²) < 4.78 is 0. The molecule has 0 saturated carbocycles. The van der Waals surface area contributed by atoms with Gasteiger partial charge < -0.3 is 20.6 Å². The summed E-state index contributed by atoms with van der Waals surface area (Å²) in [5.74, 6) is -1.34. The zero-order valence-corrected chi connectivity index (χ0v) is 11.7. The Bertz CT molecular complexity index is 408. The number of nitrogens with zero attached hydrogens (tertiary/aromatic N) is 1. The Morgan fingerprint density at radius 2 is 2.11 bits per heavy atom. The van der Waals surface area contributed by atoms with Crippen LogP contribution in [0.15, 0.2) is 0 Å². The molecule has 3 amide bonds. The lowest BCUT2D eigenvalue weighted by Crippen LogP contribution is -2.67. The fourth-order valence-corrected chi connectivity index (χ4v) is 1.85. The molecular formula is C12H21N3O4. The van der Waals surface area contributed by atoms with E-state index in [-0.39, 0.29) is 12.3 Å². The molecule has 1 fully saturated rings. The maximum atomic E-state index is 12.2. The van der Waals surface area contributed by atoms with Crippen LogP contribution in [0.2, 0.25) is 0 Å². The van der Waals surface area contributed by atoms with Gasteiger partial charge in [-0.15, -0.1) is 0 Å². The van der Waals surface area contributed by atoms with Crippen LogP contribution in [-0.4, -0.2) is 52.1 Å². The molecule has 0 spiro atoms. The normalized spacial score (nSPS) is 21.3. The van der Waals surface area contributed by atoms with E-state index in [9.17, 15) is 14.4 Å². The summed E-state index contributed by atoms with van der Waals surface area (Å²) in [6.07, 6.45) is 0.258. The molecule has 108 valence electrons. The summed E-state index contributed by atoms with van der Waals surface area (Å²) >= 11 is 0. The van der Waals surface area contributed by atoms with Crippen molar-refractivity contribution in [1.29, 1.82) is 0 Å². The quantitative estimate of drug-likeness (QED) is 0.681. The van der Waals surface area contributed by atoms with Crippen molar-refractivity contribution in [2.24, 2.45) is 0 Å². The maximum absolute atomic E-state index is 12.2. The van der Waals surface area contributed by atoms with Crippen molar-refractivity contribution in [2.45, 2.75) is 45.2 Å². The summed E-state index contributed by atoms with van der Waals surface area (Å²) in [6, 6.07) is -0.536. The van der Waals surface area contributed by atoms with Gasteiger partial charge >= 0.3 is 12.0 Å². The first kappa shape index (κ1) is 15.3. The van der Waals surface area contributed by atoms with Crippen molar-refractivity contribution in [3.8, 4) is 0 Å². The first-order valence-corrected chi connectivity index (χ1v) is 6.26. The van der Waals surface area contributed by atoms with E-state index in [2.05, 4.69) is 10.6 Å². The fourth-order valence-electron chi connectivity index (χ4n) is 1.85. The molecule has 1 saturated heterocycles. The van der Waals surface area contributed by atoms with Gasteiger partial charge in [-0.1, -0.05) is 6.92 Å². The third-order valence-corrected chi connectivity index (χ3v) is 3.66. The zero-order valence-electron chi connectivity index (χ0n) is 11.7. The molecule has 1 heterocycles. The standard InChI is InChI=1S/C12H21N3O4/c1-5-12(4,9(17)18)14-10(19)15-7-6-13-8(16)11(15,2)3/h5-7H2,1-4H3,(H,13,16)(H,14,19)(H,17,18). The molecule has 0 bridgehead atoms. The number of urea groups is 1. The number of rotatable bonds is 3. The van der Waals surface area contributed by atoms with Gasteiger partial charge in [0.25, 0.3) is 0 Å². The molecule has 3 N–H and O–H groups in total. The lowest BCUT2D eigenvalue weighted by Gasteiger charge is -2.42. The number of aliphatic carboxylic acids is 1. The molecule has 7 heteroatoms. The number of amides is 3. The number of carbonyl (C=O) groups is 3.